The van der Waals surface area contributed by atoms with Gasteiger partial charge < -0.3 is 5.11 Å². The van der Waals surface area contributed by atoms with Gasteiger partial charge in [0.1, 0.15) is 0 Å². The fourth-order valence-electron chi connectivity index (χ4n) is 2.71. The summed E-state index contributed by atoms with van der Waals surface area (Å²) < 4.78 is 0. The predicted octanol–water partition coefficient (Wildman–Crippen LogP) is 3.84. The molecule has 2 rings (SSSR count). The van der Waals surface area contributed by atoms with Gasteiger partial charge in [0.15, 0.2) is 0 Å². The molecule has 1 aliphatic carbocycles. The molecule has 2 nitrogen and oxygen atoms in total. The normalized spacial score (nSPS) is 23.8. The first-order chi connectivity index (χ1) is 8.69. The minimum absolute atomic E-state index is 0.0971. The lowest BCUT2D eigenvalue weighted by molar-refractivity contribution is -0.143. The Bertz CT molecular complexity index is 391. The fourth-order valence-corrected chi connectivity index (χ4v) is 3.12. The Labute approximate surface area is 113 Å². The average molecular weight is 264 g/mol. The molecule has 18 heavy (non-hydrogen) atoms. The Morgan fingerprint density at radius 1 is 1.22 bits per heavy atom. The highest BCUT2D eigenvalue weighted by Crippen LogP contribution is 2.31. The molecule has 0 atom stereocenters. The zero-order chi connectivity index (χ0) is 13.0. The SMILES string of the molecule is CSc1ccc(CC2CCC(C(=O)O)CC2)cc1. The van der Waals surface area contributed by atoms with Gasteiger partial charge >= 0.3 is 5.97 Å². The average Bonchev–Trinajstić information content (AvgIpc) is 2.40. The molecule has 3 heteroatoms. The zero-order valence-corrected chi connectivity index (χ0v) is 11.6. The smallest absolute Gasteiger partial charge is 0.306 e. The van der Waals surface area contributed by atoms with Crippen LogP contribution in [0.1, 0.15) is 31.2 Å². The van der Waals surface area contributed by atoms with E-state index in [1.165, 1.54) is 10.5 Å². The standard InChI is InChI=1S/C15H20O2S/c1-18-14-8-4-12(5-9-14)10-11-2-6-13(7-3-11)15(16)17/h4-5,8-9,11,13H,2-3,6-7,10H2,1H3,(H,16,17). The molecule has 0 heterocycles. The Hall–Kier alpha value is -0.960. The van der Waals surface area contributed by atoms with E-state index < -0.39 is 5.97 Å². The van der Waals surface area contributed by atoms with Crippen LogP contribution in [0.3, 0.4) is 0 Å². The molecule has 1 N–H and O–H groups in total. The van der Waals surface area contributed by atoms with Crippen LogP contribution in [0.25, 0.3) is 0 Å². The number of thioether (sulfide) groups is 1. The van der Waals surface area contributed by atoms with E-state index in [1.807, 2.05) is 0 Å². The molecule has 0 aromatic heterocycles. The lowest BCUT2D eigenvalue weighted by Crippen LogP contribution is -2.22. The van der Waals surface area contributed by atoms with Crippen LogP contribution in [-0.2, 0) is 11.2 Å². The first-order valence-corrected chi connectivity index (χ1v) is 7.77. The van der Waals surface area contributed by atoms with Crippen LogP contribution >= 0.6 is 11.8 Å². The highest BCUT2D eigenvalue weighted by molar-refractivity contribution is 7.98. The van der Waals surface area contributed by atoms with E-state index >= 15 is 0 Å². The summed E-state index contributed by atoms with van der Waals surface area (Å²) in [6.07, 6.45) is 7.00. The van der Waals surface area contributed by atoms with Crippen LogP contribution in [0.15, 0.2) is 29.2 Å². The van der Waals surface area contributed by atoms with Crippen molar-refractivity contribution in [2.45, 2.75) is 37.0 Å². The minimum Gasteiger partial charge on any atom is -0.481 e. The number of hydrogen-bond acceptors (Lipinski definition) is 2. The molecule has 0 spiro atoms. The van der Waals surface area contributed by atoms with Crippen LogP contribution in [-0.4, -0.2) is 17.3 Å². The van der Waals surface area contributed by atoms with Crippen molar-refractivity contribution in [1.82, 2.24) is 0 Å². The van der Waals surface area contributed by atoms with Crippen LogP contribution in [0, 0.1) is 11.8 Å². The molecule has 1 saturated carbocycles. The van der Waals surface area contributed by atoms with E-state index in [0.717, 1.165) is 32.1 Å². The maximum absolute atomic E-state index is 10.9. The molecule has 0 bridgehead atoms. The van der Waals surface area contributed by atoms with Crippen molar-refractivity contribution in [1.29, 1.82) is 0 Å². The number of hydrogen-bond donors (Lipinski definition) is 1. The summed E-state index contributed by atoms with van der Waals surface area (Å²) in [5.74, 6) is -0.0429. The molecule has 0 aliphatic heterocycles. The van der Waals surface area contributed by atoms with E-state index in [2.05, 4.69) is 30.5 Å². The minimum atomic E-state index is -0.613. The third-order valence-corrected chi connectivity index (χ3v) is 4.62. The summed E-state index contributed by atoms with van der Waals surface area (Å²) in [6, 6.07) is 8.75. The van der Waals surface area contributed by atoms with E-state index in [4.69, 9.17) is 5.11 Å². The van der Waals surface area contributed by atoms with E-state index in [0.29, 0.717) is 5.92 Å². The Balaban J connectivity index is 1.85. The molecule has 1 fully saturated rings. The number of carboxylic acids is 1. The van der Waals surface area contributed by atoms with Crippen molar-refractivity contribution in [2.24, 2.45) is 11.8 Å². The second-order valence-electron chi connectivity index (χ2n) is 5.11. The molecule has 1 aromatic rings. The summed E-state index contributed by atoms with van der Waals surface area (Å²) in [7, 11) is 0. The van der Waals surface area contributed by atoms with Gasteiger partial charge in [-0.2, -0.15) is 0 Å². The van der Waals surface area contributed by atoms with E-state index in [1.54, 1.807) is 11.8 Å². The lowest BCUT2D eigenvalue weighted by atomic mass is 9.79. The summed E-state index contributed by atoms with van der Waals surface area (Å²) in [6.45, 7) is 0. The van der Waals surface area contributed by atoms with Gasteiger partial charge in [0.2, 0.25) is 0 Å². The third-order valence-electron chi connectivity index (χ3n) is 3.88. The van der Waals surface area contributed by atoms with Gasteiger partial charge in [-0.1, -0.05) is 12.1 Å². The molecule has 98 valence electrons. The van der Waals surface area contributed by atoms with Gasteiger partial charge in [-0.25, -0.2) is 0 Å². The number of carboxylic acid groups (broad SMARTS) is 1. The molecular weight excluding hydrogens is 244 g/mol. The van der Waals surface area contributed by atoms with Crippen LogP contribution in [0.2, 0.25) is 0 Å². The molecule has 1 aliphatic rings. The molecule has 0 radical (unpaired) electrons. The molecule has 0 amide bonds. The molecule has 0 saturated heterocycles. The number of benzene rings is 1. The topological polar surface area (TPSA) is 37.3 Å². The van der Waals surface area contributed by atoms with Crippen LogP contribution in [0.5, 0.6) is 0 Å². The van der Waals surface area contributed by atoms with Crippen molar-refractivity contribution in [2.75, 3.05) is 6.26 Å². The lowest BCUT2D eigenvalue weighted by Gasteiger charge is -2.26. The molecule has 0 unspecified atom stereocenters. The Morgan fingerprint density at radius 3 is 2.33 bits per heavy atom. The van der Waals surface area contributed by atoms with Crippen LogP contribution in [0.4, 0.5) is 0 Å². The number of aliphatic carboxylic acids is 1. The Morgan fingerprint density at radius 2 is 1.83 bits per heavy atom. The van der Waals surface area contributed by atoms with Crippen LogP contribution < -0.4 is 0 Å². The predicted molar refractivity (Wildman–Crippen MR) is 75.0 cm³/mol. The van der Waals surface area contributed by atoms with Crippen molar-refractivity contribution in [3.05, 3.63) is 29.8 Å². The van der Waals surface area contributed by atoms with Crippen molar-refractivity contribution < 1.29 is 9.90 Å². The summed E-state index contributed by atoms with van der Waals surface area (Å²) in [4.78, 5) is 12.2. The second-order valence-corrected chi connectivity index (χ2v) is 5.99. The monoisotopic (exact) mass is 264 g/mol. The van der Waals surface area contributed by atoms with Gasteiger partial charge in [-0.15, -0.1) is 11.8 Å². The fraction of sp³-hybridized carbons (Fsp3) is 0.533. The summed E-state index contributed by atoms with van der Waals surface area (Å²) >= 11 is 1.76. The summed E-state index contributed by atoms with van der Waals surface area (Å²) in [5, 5.41) is 8.97. The van der Waals surface area contributed by atoms with Gasteiger partial charge in [0.25, 0.3) is 0 Å². The number of carbonyl (C=O) groups is 1. The highest BCUT2D eigenvalue weighted by Gasteiger charge is 2.25. The van der Waals surface area contributed by atoms with E-state index in [-0.39, 0.29) is 5.92 Å². The van der Waals surface area contributed by atoms with E-state index in [9.17, 15) is 4.79 Å². The summed E-state index contributed by atoms with van der Waals surface area (Å²) in [5.41, 5.74) is 1.38. The second kappa shape index (κ2) is 6.28. The van der Waals surface area contributed by atoms with Gasteiger partial charge in [-0.05, 0) is 62.0 Å². The van der Waals surface area contributed by atoms with Gasteiger partial charge in [0.05, 0.1) is 5.92 Å². The maximum Gasteiger partial charge on any atom is 0.306 e. The Kier molecular flexibility index (Phi) is 4.70. The molecule has 1 aromatic carbocycles. The van der Waals surface area contributed by atoms with Crippen molar-refractivity contribution in [3.8, 4) is 0 Å². The first-order valence-electron chi connectivity index (χ1n) is 6.54. The van der Waals surface area contributed by atoms with Crippen molar-refractivity contribution >= 4 is 17.7 Å². The quantitative estimate of drug-likeness (QED) is 0.839. The van der Waals surface area contributed by atoms with Crippen molar-refractivity contribution in [3.63, 3.8) is 0 Å². The number of rotatable bonds is 4. The van der Waals surface area contributed by atoms with Gasteiger partial charge in [0, 0.05) is 4.90 Å². The largest absolute Gasteiger partial charge is 0.481 e. The van der Waals surface area contributed by atoms with Gasteiger partial charge in [-0.3, -0.25) is 4.79 Å². The maximum atomic E-state index is 10.9. The zero-order valence-electron chi connectivity index (χ0n) is 10.8. The molecular formula is C15H20O2S. The highest BCUT2D eigenvalue weighted by atomic mass is 32.2. The third kappa shape index (κ3) is 3.52. The first kappa shape index (κ1) is 13.5.